The molecule has 8 heteroatoms. The molecule has 2 rings (SSSR count). The van der Waals surface area contributed by atoms with Crippen LogP contribution in [0.1, 0.15) is 0 Å². The smallest absolute Gasteiger partial charge is 0.311 e. The average Bonchev–Trinajstić information content (AvgIpc) is 2.86. The van der Waals surface area contributed by atoms with Crippen LogP contribution in [0, 0.1) is 11.7 Å². The van der Waals surface area contributed by atoms with E-state index in [1.165, 1.54) is 18.2 Å². The van der Waals surface area contributed by atoms with Gasteiger partial charge in [0.05, 0.1) is 23.7 Å². The van der Waals surface area contributed by atoms with Crippen molar-refractivity contribution in [2.24, 2.45) is 5.92 Å². The summed E-state index contributed by atoms with van der Waals surface area (Å²) in [5, 5.41) is 11.5. The molecule has 1 aromatic carbocycles. The third-order valence-electron chi connectivity index (χ3n) is 3.00. The Hall–Kier alpha value is -1.67. The van der Waals surface area contributed by atoms with Crippen LogP contribution in [-0.2, 0) is 14.3 Å². The highest BCUT2D eigenvalue weighted by Crippen LogP contribution is 2.25. The third kappa shape index (κ3) is 4.15. The van der Waals surface area contributed by atoms with E-state index in [-0.39, 0.29) is 19.8 Å². The van der Waals surface area contributed by atoms with E-state index in [1.54, 1.807) is 0 Å². The number of hydrogen-bond donors (Lipinski definition) is 2. The number of nitrogens with one attached hydrogen (secondary N) is 1. The van der Waals surface area contributed by atoms with Crippen molar-refractivity contribution < 1.29 is 28.6 Å². The van der Waals surface area contributed by atoms with Gasteiger partial charge in [-0.2, -0.15) is 0 Å². The molecule has 1 aliphatic rings. The predicted octanol–water partition coefficient (Wildman–Crippen LogP) is 1.18. The zero-order valence-corrected chi connectivity index (χ0v) is 12.4. The molecule has 1 aromatic rings. The van der Waals surface area contributed by atoms with Crippen molar-refractivity contribution in [1.29, 1.82) is 0 Å². The van der Waals surface area contributed by atoms with E-state index in [0.717, 1.165) is 0 Å². The van der Waals surface area contributed by atoms with Crippen molar-refractivity contribution in [2.75, 3.05) is 19.8 Å². The second kappa shape index (κ2) is 6.86. The van der Waals surface area contributed by atoms with Gasteiger partial charge in [-0.3, -0.25) is 9.59 Å². The van der Waals surface area contributed by atoms with Crippen molar-refractivity contribution in [3.8, 4) is 5.75 Å². The van der Waals surface area contributed by atoms with Gasteiger partial charge >= 0.3 is 5.97 Å². The molecule has 1 saturated heterocycles. The first-order valence-corrected chi connectivity index (χ1v) is 6.94. The summed E-state index contributed by atoms with van der Waals surface area (Å²) in [6, 6.07) is 3.25. The van der Waals surface area contributed by atoms with Gasteiger partial charge in [0.2, 0.25) is 0 Å². The van der Waals surface area contributed by atoms with E-state index in [0.29, 0.717) is 10.2 Å². The SMILES string of the molecule is O=C(COc1ccc(F)cc1Br)NC1COCC1C(=O)O. The fourth-order valence-corrected chi connectivity index (χ4v) is 2.39. The lowest BCUT2D eigenvalue weighted by Gasteiger charge is -2.16. The maximum atomic E-state index is 12.9. The van der Waals surface area contributed by atoms with Gasteiger partial charge < -0.3 is 19.9 Å². The van der Waals surface area contributed by atoms with Crippen LogP contribution in [0.2, 0.25) is 0 Å². The van der Waals surface area contributed by atoms with Gasteiger partial charge in [0.15, 0.2) is 6.61 Å². The molecule has 1 aliphatic heterocycles. The molecule has 0 aromatic heterocycles. The van der Waals surface area contributed by atoms with Gasteiger partial charge in [0.1, 0.15) is 17.5 Å². The standard InChI is InChI=1S/C13H13BrFNO5/c14-9-3-7(15)1-2-11(9)21-6-12(17)16-10-5-20-4-8(10)13(18)19/h1-3,8,10H,4-6H2,(H,16,17)(H,18,19). The Balaban J connectivity index is 1.86. The number of carboxylic acids is 1. The molecule has 0 spiro atoms. The fraction of sp³-hybridized carbons (Fsp3) is 0.385. The van der Waals surface area contributed by atoms with E-state index in [4.69, 9.17) is 14.6 Å². The number of aliphatic carboxylic acids is 1. The minimum atomic E-state index is -1.01. The summed E-state index contributed by atoms with van der Waals surface area (Å²) in [5.41, 5.74) is 0. The molecular weight excluding hydrogens is 349 g/mol. The number of carbonyl (C=O) groups excluding carboxylic acids is 1. The molecule has 6 nitrogen and oxygen atoms in total. The number of carboxylic acid groups (broad SMARTS) is 1. The topological polar surface area (TPSA) is 84.9 Å². The fourth-order valence-electron chi connectivity index (χ4n) is 1.92. The quantitative estimate of drug-likeness (QED) is 0.822. The minimum Gasteiger partial charge on any atom is -0.483 e. The van der Waals surface area contributed by atoms with Crippen molar-refractivity contribution in [3.05, 3.63) is 28.5 Å². The second-order valence-corrected chi connectivity index (χ2v) is 5.37. The highest BCUT2D eigenvalue weighted by Gasteiger charge is 2.35. The van der Waals surface area contributed by atoms with Crippen LogP contribution in [-0.4, -0.2) is 42.8 Å². The first-order valence-electron chi connectivity index (χ1n) is 6.15. The Morgan fingerprint density at radius 3 is 2.90 bits per heavy atom. The minimum absolute atomic E-state index is 0.0741. The van der Waals surface area contributed by atoms with Gasteiger partial charge in [0, 0.05) is 0 Å². The number of rotatable bonds is 5. The zero-order chi connectivity index (χ0) is 15.4. The molecule has 2 unspecified atom stereocenters. The Bertz CT molecular complexity index is 553. The van der Waals surface area contributed by atoms with Crippen LogP contribution in [0.25, 0.3) is 0 Å². The molecule has 0 saturated carbocycles. The van der Waals surface area contributed by atoms with Crippen molar-refractivity contribution >= 4 is 27.8 Å². The zero-order valence-electron chi connectivity index (χ0n) is 10.8. The third-order valence-corrected chi connectivity index (χ3v) is 3.62. The molecule has 1 amide bonds. The van der Waals surface area contributed by atoms with E-state index in [1.807, 2.05) is 0 Å². The van der Waals surface area contributed by atoms with Crippen LogP contribution in [0.4, 0.5) is 4.39 Å². The summed E-state index contributed by atoms with van der Waals surface area (Å²) < 4.78 is 23.6. The normalized spacial score (nSPS) is 21.0. The van der Waals surface area contributed by atoms with E-state index in [2.05, 4.69) is 21.2 Å². The highest BCUT2D eigenvalue weighted by molar-refractivity contribution is 9.10. The number of amides is 1. The summed E-state index contributed by atoms with van der Waals surface area (Å²) in [4.78, 5) is 22.7. The monoisotopic (exact) mass is 361 g/mol. The summed E-state index contributed by atoms with van der Waals surface area (Å²) in [5.74, 6) is -2.34. The lowest BCUT2D eigenvalue weighted by Crippen LogP contribution is -2.44. The van der Waals surface area contributed by atoms with E-state index in [9.17, 15) is 14.0 Å². The Morgan fingerprint density at radius 2 is 2.24 bits per heavy atom. The van der Waals surface area contributed by atoms with Crippen molar-refractivity contribution in [1.82, 2.24) is 5.32 Å². The molecular formula is C13H13BrFNO5. The predicted molar refractivity (Wildman–Crippen MR) is 73.5 cm³/mol. The number of hydrogen-bond acceptors (Lipinski definition) is 4. The number of carbonyl (C=O) groups is 2. The number of ether oxygens (including phenoxy) is 2. The summed E-state index contributed by atoms with van der Waals surface area (Å²) >= 11 is 3.12. The molecule has 1 fully saturated rings. The average molecular weight is 362 g/mol. The first-order chi connectivity index (χ1) is 9.97. The maximum absolute atomic E-state index is 12.9. The Labute approximate surface area is 128 Å². The van der Waals surface area contributed by atoms with Crippen LogP contribution < -0.4 is 10.1 Å². The molecule has 114 valence electrons. The number of halogens is 2. The molecule has 1 heterocycles. The molecule has 0 radical (unpaired) electrons. The molecule has 2 atom stereocenters. The van der Waals surface area contributed by atoms with Gasteiger partial charge in [-0.15, -0.1) is 0 Å². The lowest BCUT2D eigenvalue weighted by atomic mass is 10.0. The van der Waals surface area contributed by atoms with Gasteiger partial charge in [-0.1, -0.05) is 0 Å². The molecule has 0 bridgehead atoms. The largest absolute Gasteiger partial charge is 0.483 e. The maximum Gasteiger partial charge on any atom is 0.311 e. The highest BCUT2D eigenvalue weighted by atomic mass is 79.9. The summed E-state index contributed by atoms with van der Waals surface area (Å²) in [7, 11) is 0. The lowest BCUT2D eigenvalue weighted by molar-refractivity contribution is -0.142. The molecule has 2 N–H and O–H groups in total. The van der Waals surface area contributed by atoms with Crippen LogP contribution in [0.5, 0.6) is 5.75 Å². The first kappa shape index (κ1) is 15.7. The number of benzene rings is 1. The van der Waals surface area contributed by atoms with Gasteiger partial charge in [-0.25, -0.2) is 4.39 Å². The van der Waals surface area contributed by atoms with Crippen LogP contribution in [0.3, 0.4) is 0 Å². The van der Waals surface area contributed by atoms with E-state index >= 15 is 0 Å². The second-order valence-electron chi connectivity index (χ2n) is 4.52. The van der Waals surface area contributed by atoms with Gasteiger partial charge in [0.25, 0.3) is 5.91 Å². The molecule has 0 aliphatic carbocycles. The van der Waals surface area contributed by atoms with Gasteiger partial charge in [-0.05, 0) is 34.1 Å². The van der Waals surface area contributed by atoms with Crippen molar-refractivity contribution in [2.45, 2.75) is 6.04 Å². The Kier molecular flexibility index (Phi) is 5.13. The molecule has 21 heavy (non-hydrogen) atoms. The van der Waals surface area contributed by atoms with Crippen molar-refractivity contribution in [3.63, 3.8) is 0 Å². The van der Waals surface area contributed by atoms with E-state index < -0.39 is 29.7 Å². The summed E-state index contributed by atoms with van der Waals surface area (Å²) in [6.45, 7) is -0.0688. The summed E-state index contributed by atoms with van der Waals surface area (Å²) in [6.07, 6.45) is 0. The van der Waals surface area contributed by atoms with Crippen LogP contribution in [0.15, 0.2) is 22.7 Å². The van der Waals surface area contributed by atoms with Crippen LogP contribution >= 0.6 is 15.9 Å². The Morgan fingerprint density at radius 1 is 1.48 bits per heavy atom.